The third-order valence-electron chi connectivity index (χ3n) is 3.45. The van der Waals surface area contributed by atoms with Crippen LogP contribution in [0.5, 0.6) is 11.5 Å². The highest BCUT2D eigenvalue weighted by atomic mass is 19.4. The van der Waals surface area contributed by atoms with Gasteiger partial charge in [0.15, 0.2) is 0 Å². The number of H-pyrrole nitrogens is 1. The van der Waals surface area contributed by atoms with E-state index in [1.54, 1.807) is 32.1 Å². The molecule has 1 aromatic carbocycles. The van der Waals surface area contributed by atoms with Crippen molar-refractivity contribution in [3.8, 4) is 11.5 Å². The van der Waals surface area contributed by atoms with Gasteiger partial charge >= 0.3 is 6.36 Å². The van der Waals surface area contributed by atoms with Crippen LogP contribution in [0.3, 0.4) is 0 Å². The fourth-order valence-electron chi connectivity index (χ4n) is 2.60. The van der Waals surface area contributed by atoms with E-state index in [2.05, 4.69) is 9.72 Å². The molecule has 24 heavy (non-hydrogen) atoms. The summed E-state index contributed by atoms with van der Waals surface area (Å²) < 4.78 is 47.1. The molecule has 3 rings (SSSR count). The first-order valence-corrected chi connectivity index (χ1v) is 7.15. The van der Waals surface area contributed by atoms with Crippen LogP contribution in [0.4, 0.5) is 13.2 Å². The Morgan fingerprint density at radius 2 is 1.92 bits per heavy atom. The molecule has 1 N–H and O–H groups in total. The molecule has 0 fully saturated rings. The van der Waals surface area contributed by atoms with Crippen LogP contribution in [0.1, 0.15) is 25.0 Å². The van der Waals surface area contributed by atoms with E-state index in [4.69, 9.17) is 4.74 Å². The first-order chi connectivity index (χ1) is 11.1. The number of benzene rings is 1. The van der Waals surface area contributed by atoms with Gasteiger partial charge in [0.05, 0.1) is 0 Å². The number of pyridine rings is 1. The van der Waals surface area contributed by atoms with E-state index in [1.165, 1.54) is 24.4 Å². The fraction of sp³-hybridized carbons (Fsp3) is 0.235. The Labute approximate surface area is 135 Å². The second kappa shape index (κ2) is 5.43. The van der Waals surface area contributed by atoms with Crippen LogP contribution in [-0.4, -0.2) is 16.9 Å². The summed E-state index contributed by atoms with van der Waals surface area (Å²) in [5, 5.41) is 0. The number of rotatable bonds is 2. The number of nitrogens with one attached hydrogen (secondary N) is 1. The maximum Gasteiger partial charge on any atom is 0.573 e. The van der Waals surface area contributed by atoms with E-state index in [1.807, 2.05) is 0 Å². The van der Waals surface area contributed by atoms with Crippen molar-refractivity contribution >= 4 is 5.57 Å². The first kappa shape index (κ1) is 16.2. The number of halogens is 3. The van der Waals surface area contributed by atoms with Gasteiger partial charge in [0.25, 0.3) is 5.56 Å². The van der Waals surface area contributed by atoms with Crippen LogP contribution in [0.25, 0.3) is 5.57 Å². The summed E-state index contributed by atoms with van der Waals surface area (Å²) in [5.74, 6) is 0.0121. The predicted molar refractivity (Wildman–Crippen MR) is 82.0 cm³/mol. The van der Waals surface area contributed by atoms with Gasteiger partial charge in [0.2, 0.25) is 0 Å². The highest BCUT2D eigenvalue weighted by Crippen LogP contribution is 2.41. The van der Waals surface area contributed by atoms with Gasteiger partial charge in [-0.05, 0) is 55.8 Å². The number of ether oxygens (including phenoxy) is 2. The van der Waals surface area contributed by atoms with Crippen LogP contribution in [-0.2, 0) is 0 Å². The highest BCUT2D eigenvalue weighted by Gasteiger charge is 2.33. The fourth-order valence-corrected chi connectivity index (χ4v) is 2.60. The summed E-state index contributed by atoms with van der Waals surface area (Å²) in [6, 6.07) is 7.06. The maximum absolute atomic E-state index is 12.5. The minimum absolute atomic E-state index is 0.338. The average molecular weight is 337 g/mol. The molecule has 2 aromatic rings. The summed E-state index contributed by atoms with van der Waals surface area (Å²) >= 11 is 0. The van der Waals surface area contributed by atoms with Crippen molar-refractivity contribution in [2.24, 2.45) is 0 Å². The quantitative estimate of drug-likeness (QED) is 0.905. The monoisotopic (exact) mass is 337 g/mol. The molecule has 0 unspecified atom stereocenters. The summed E-state index contributed by atoms with van der Waals surface area (Å²) in [6.45, 7) is 3.60. The zero-order valence-electron chi connectivity index (χ0n) is 12.9. The number of fused-ring (bicyclic) bond motifs is 1. The molecule has 0 amide bonds. The van der Waals surface area contributed by atoms with Gasteiger partial charge in [-0.15, -0.1) is 13.2 Å². The molecular formula is C17H14F3NO3. The third kappa shape index (κ3) is 3.29. The second-order valence-electron chi connectivity index (χ2n) is 5.88. The largest absolute Gasteiger partial charge is 0.573 e. The molecular weight excluding hydrogens is 323 g/mol. The lowest BCUT2D eigenvalue weighted by Crippen LogP contribution is -2.30. The molecule has 1 aliphatic rings. The Morgan fingerprint density at radius 1 is 1.17 bits per heavy atom. The molecule has 4 nitrogen and oxygen atoms in total. The minimum Gasteiger partial charge on any atom is -0.483 e. The van der Waals surface area contributed by atoms with E-state index in [-0.39, 0.29) is 11.3 Å². The number of aromatic nitrogens is 1. The SMILES string of the molecule is CC1(C)C=C(c2ccc[nH]c2=O)c2cc(OC(F)(F)F)ccc2O1. The number of alkyl halides is 3. The van der Waals surface area contributed by atoms with Crippen LogP contribution in [0.2, 0.25) is 0 Å². The van der Waals surface area contributed by atoms with E-state index < -0.39 is 12.0 Å². The van der Waals surface area contributed by atoms with Crippen molar-refractivity contribution in [1.29, 1.82) is 0 Å². The lowest BCUT2D eigenvalue weighted by molar-refractivity contribution is -0.274. The van der Waals surface area contributed by atoms with Crippen LogP contribution >= 0.6 is 0 Å². The minimum atomic E-state index is -4.79. The lowest BCUT2D eigenvalue weighted by atomic mass is 9.90. The predicted octanol–water partition coefficient (Wildman–Crippen LogP) is 3.88. The Morgan fingerprint density at radius 3 is 2.58 bits per heavy atom. The summed E-state index contributed by atoms with van der Waals surface area (Å²) in [4.78, 5) is 14.7. The molecule has 1 aromatic heterocycles. The van der Waals surface area contributed by atoms with Crippen molar-refractivity contribution in [2.75, 3.05) is 0 Å². The summed E-state index contributed by atoms with van der Waals surface area (Å²) in [5.41, 5.74) is 0.161. The standard InChI is InChI=1S/C17H14F3NO3/c1-16(2)9-13(11-4-3-7-21-15(11)22)12-8-10(23-17(18,19)20)5-6-14(12)24-16/h3-9H,1-2H3,(H,21,22). The van der Waals surface area contributed by atoms with E-state index in [0.717, 1.165) is 0 Å². The third-order valence-corrected chi connectivity index (χ3v) is 3.45. The Bertz CT molecular complexity index is 866. The molecule has 7 heteroatoms. The zero-order valence-corrected chi connectivity index (χ0v) is 12.9. The first-order valence-electron chi connectivity index (χ1n) is 7.15. The molecule has 2 heterocycles. The lowest BCUT2D eigenvalue weighted by Gasteiger charge is -2.31. The van der Waals surface area contributed by atoms with Gasteiger partial charge in [-0.2, -0.15) is 0 Å². The maximum atomic E-state index is 12.5. The molecule has 0 aliphatic carbocycles. The van der Waals surface area contributed by atoms with Crippen molar-refractivity contribution in [3.05, 3.63) is 64.1 Å². The van der Waals surface area contributed by atoms with Crippen molar-refractivity contribution in [3.63, 3.8) is 0 Å². The molecule has 0 atom stereocenters. The number of aromatic amines is 1. The summed E-state index contributed by atoms with van der Waals surface area (Å²) in [6.07, 6.45) is -1.60. The Hall–Kier alpha value is -2.70. The van der Waals surface area contributed by atoms with E-state index in [0.29, 0.717) is 22.4 Å². The van der Waals surface area contributed by atoms with Gasteiger partial charge in [-0.1, -0.05) is 0 Å². The molecule has 0 saturated heterocycles. The van der Waals surface area contributed by atoms with Gasteiger partial charge in [0, 0.05) is 17.3 Å². The Kier molecular flexibility index (Phi) is 3.66. The average Bonchev–Trinajstić information content (AvgIpc) is 2.45. The normalized spacial score (nSPS) is 16.0. The van der Waals surface area contributed by atoms with E-state index >= 15 is 0 Å². The molecule has 0 radical (unpaired) electrons. The van der Waals surface area contributed by atoms with Crippen molar-refractivity contribution in [1.82, 2.24) is 4.98 Å². The highest BCUT2D eigenvalue weighted by molar-refractivity contribution is 5.85. The summed E-state index contributed by atoms with van der Waals surface area (Å²) in [7, 11) is 0. The van der Waals surface area contributed by atoms with Gasteiger partial charge in [0.1, 0.15) is 17.1 Å². The number of hydrogen-bond donors (Lipinski definition) is 1. The molecule has 0 saturated carbocycles. The zero-order chi connectivity index (χ0) is 17.5. The van der Waals surface area contributed by atoms with E-state index in [9.17, 15) is 18.0 Å². The molecule has 0 spiro atoms. The van der Waals surface area contributed by atoms with Crippen LogP contribution in [0.15, 0.2) is 47.4 Å². The number of hydrogen-bond acceptors (Lipinski definition) is 3. The molecule has 0 bridgehead atoms. The van der Waals surface area contributed by atoms with Crippen molar-refractivity contribution in [2.45, 2.75) is 25.8 Å². The van der Waals surface area contributed by atoms with Gasteiger partial charge in [-0.3, -0.25) is 4.79 Å². The second-order valence-corrected chi connectivity index (χ2v) is 5.88. The molecule has 1 aliphatic heterocycles. The van der Waals surface area contributed by atoms with Gasteiger partial charge < -0.3 is 14.5 Å². The van der Waals surface area contributed by atoms with Gasteiger partial charge in [-0.25, -0.2) is 0 Å². The van der Waals surface area contributed by atoms with Crippen LogP contribution in [0, 0.1) is 0 Å². The smallest absolute Gasteiger partial charge is 0.483 e. The van der Waals surface area contributed by atoms with Crippen molar-refractivity contribution < 1.29 is 22.6 Å². The topological polar surface area (TPSA) is 51.3 Å². The molecule has 126 valence electrons. The Balaban J connectivity index is 2.16. The van der Waals surface area contributed by atoms with Crippen LogP contribution < -0.4 is 15.0 Å².